The summed E-state index contributed by atoms with van der Waals surface area (Å²) in [5, 5.41) is 11.3. The van der Waals surface area contributed by atoms with Crippen LogP contribution >= 0.6 is 11.6 Å². The zero-order valence-electron chi connectivity index (χ0n) is 15.9. The van der Waals surface area contributed by atoms with Gasteiger partial charge in [-0.2, -0.15) is 0 Å². The van der Waals surface area contributed by atoms with E-state index in [1.54, 1.807) is 6.07 Å². The van der Waals surface area contributed by atoms with Crippen LogP contribution in [-0.2, 0) is 9.47 Å². The predicted octanol–water partition coefficient (Wildman–Crippen LogP) is 4.45. The van der Waals surface area contributed by atoms with Gasteiger partial charge >= 0.3 is 0 Å². The maximum Gasteiger partial charge on any atom is 0.223 e. The van der Waals surface area contributed by atoms with Crippen LogP contribution in [0.4, 0.5) is 0 Å². The van der Waals surface area contributed by atoms with Crippen molar-refractivity contribution in [3.63, 3.8) is 0 Å². The SMILES string of the molecule is CC1CC[C@H]2[C@@H](C1)C[C@@H](O)[C@@H]2/C=C/C1(COc2cccc(Cl)c2)OCCO1. The Bertz CT molecular complexity index is 670. The third-order valence-electron chi connectivity index (χ3n) is 6.37. The molecule has 1 aromatic rings. The summed E-state index contributed by atoms with van der Waals surface area (Å²) in [6.07, 6.45) is 8.44. The Hall–Kier alpha value is -1.07. The maximum absolute atomic E-state index is 10.6. The zero-order chi connectivity index (χ0) is 18.9. The molecule has 148 valence electrons. The second-order valence-electron chi connectivity index (χ2n) is 8.34. The molecule has 3 aliphatic rings. The lowest BCUT2D eigenvalue weighted by Crippen LogP contribution is -2.35. The van der Waals surface area contributed by atoms with Crippen LogP contribution in [0, 0.1) is 23.7 Å². The van der Waals surface area contributed by atoms with Crippen molar-refractivity contribution in [3.8, 4) is 5.75 Å². The van der Waals surface area contributed by atoms with Crippen LogP contribution in [0.2, 0.25) is 5.02 Å². The van der Waals surface area contributed by atoms with E-state index >= 15 is 0 Å². The second-order valence-corrected chi connectivity index (χ2v) is 8.77. The first-order valence-electron chi connectivity index (χ1n) is 10.1. The van der Waals surface area contributed by atoms with Crippen molar-refractivity contribution in [1.29, 1.82) is 0 Å². The fourth-order valence-electron chi connectivity index (χ4n) is 5.02. The van der Waals surface area contributed by atoms with Crippen molar-refractivity contribution in [2.75, 3.05) is 19.8 Å². The molecule has 5 heteroatoms. The van der Waals surface area contributed by atoms with Gasteiger partial charge in [-0.3, -0.25) is 0 Å². The fourth-order valence-corrected chi connectivity index (χ4v) is 5.20. The van der Waals surface area contributed by atoms with Crippen molar-refractivity contribution in [3.05, 3.63) is 41.4 Å². The molecule has 3 fully saturated rings. The molecule has 5 atom stereocenters. The highest BCUT2D eigenvalue weighted by molar-refractivity contribution is 6.30. The number of ether oxygens (including phenoxy) is 3. The molecule has 1 aliphatic heterocycles. The molecule has 4 nitrogen and oxygen atoms in total. The molecule has 1 aromatic carbocycles. The van der Waals surface area contributed by atoms with Gasteiger partial charge in [-0.15, -0.1) is 0 Å². The van der Waals surface area contributed by atoms with Gasteiger partial charge in [0.2, 0.25) is 5.79 Å². The molecule has 0 aromatic heterocycles. The van der Waals surface area contributed by atoms with Crippen LogP contribution in [0.1, 0.15) is 32.6 Å². The molecule has 0 bridgehead atoms. The Balaban J connectivity index is 1.44. The van der Waals surface area contributed by atoms with Crippen LogP contribution in [-0.4, -0.2) is 36.8 Å². The number of benzene rings is 1. The summed E-state index contributed by atoms with van der Waals surface area (Å²) in [6.45, 7) is 3.67. The average molecular weight is 393 g/mol. The summed E-state index contributed by atoms with van der Waals surface area (Å²) >= 11 is 6.03. The number of rotatable bonds is 5. The number of hydrogen-bond acceptors (Lipinski definition) is 4. The Morgan fingerprint density at radius 3 is 2.85 bits per heavy atom. The Labute approximate surface area is 166 Å². The molecule has 1 saturated heterocycles. The van der Waals surface area contributed by atoms with E-state index in [0.29, 0.717) is 35.8 Å². The van der Waals surface area contributed by atoms with Crippen LogP contribution in [0.15, 0.2) is 36.4 Å². The number of halogens is 1. The van der Waals surface area contributed by atoms with Gasteiger partial charge < -0.3 is 19.3 Å². The monoisotopic (exact) mass is 392 g/mol. The number of aliphatic hydroxyl groups is 1. The molecule has 4 rings (SSSR count). The Morgan fingerprint density at radius 2 is 2.07 bits per heavy atom. The van der Waals surface area contributed by atoms with Crippen LogP contribution < -0.4 is 4.74 Å². The van der Waals surface area contributed by atoms with Crippen molar-refractivity contribution in [1.82, 2.24) is 0 Å². The van der Waals surface area contributed by atoms with E-state index < -0.39 is 5.79 Å². The highest BCUT2D eigenvalue weighted by Crippen LogP contribution is 2.48. The standard InChI is InChI=1S/C22H29ClO4/c1-15-5-6-19-16(11-15)12-21(24)20(19)7-8-22(26-9-10-27-22)14-25-18-4-2-3-17(23)13-18/h2-4,7-8,13,15-16,19-21,24H,5-6,9-12,14H2,1H3/b8-7+/t15?,16-,19-,20+,21+/m0/s1. The first-order valence-corrected chi connectivity index (χ1v) is 10.5. The quantitative estimate of drug-likeness (QED) is 0.752. The molecule has 2 saturated carbocycles. The Morgan fingerprint density at radius 1 is 1.26 bits per heavy atom. The van der Waals surface area contributed by atoms with E-state index in [4.69, 9.17) is 25.8 Å². The highest BCUT2D eigenvalue weighted by Gasteiger charge is 2.44. The molecular weight excluding hydrogens is 364 g/mol. The predicted molar refractivity (Wildman–Crippen MR) is 105 cm³/mol. The third-order valence-corrected chi connectivity index (χ3v) is 6.61. The van der Waals surface area contributed by atoms with Gasteiger partial charge in [-0.1, -0.05) is 37.1 Å². The summed E-state index contributed by atoms with van der Waals surface area (Å²) < 4.78 is 17.7. The van der Waals surface area contributed by atoms with Crippen molar-refractivity contribution in [2.24, 2.45) is 23.7 Å². The smallest absolute Gasteiger partial charge is 0.223 e. The van der Waals surface area contributed by atoms with E-state index in [1.807, 2.05) is 24.3 Å². The molecule has 1 heterocycles. The Kier molecular flexibility index (Phi) is 5.79. The molecule has 2 aliphatic carbocycles. The number of aliphatic hydroxyl groups excluding tert-OH is 1. The lowest BCUT2D eigenvalue weighted by molar-refractivity contribution is -0.139. The molecule has 1 unspecified atom stereocenters. The summed E-state index contributed by atoms with van der Waals surface area (Å²) in [5.74, 6) is 1.97. The van der Waals surface area contributed by atoms with Crippen LogP contribution in [0.25, 0.3) is 0 Å². The largest absolute Gasteiger partial charge is 0.488 e. The van der Waals surface area contributed by atoms with E-state index in [-0.39, 0.29) is 18.6 Å². The maximum atomic E-state index is 10.6. The lowest BCUT2D eigenvalue weighted by Gasteiger charge is -2.32. The van der Waals surface area contributed by atoms with Crippen LogP contribution in [0.5, 0.6) is 5.75 Å². The van der Waals surface area contributed by atoms with Crippen molar-refractivity contribution in [2.45, 2.75) is 44.5 Å². The molecule has 1 N–H and O–H groups in total. The van der Waals surface area contributed by atoms with E-state index in [0.717, 1.165) is 12.3 Å². The highest BCUT2D eigenvalue weighted by atomic mass is 35.5. The number of fused-ring (bicyclic) bond motifs is 1. The zero-order valence-corrected chi connectivity index (χ0v) is 16.6. The lowest BCUT2D eigenvalue weighted by atomic mass is 9.74. The van der Waals surface area contributed by atoms with Gasteiger partial charge in [0.25, 0.3) is 0 Å². The molecule has 0 amide bonds. The van der Waals surface area contributed by atoms with Gasteiger partial charge in [0, 0.05) is 10.9 Å². The van der Waals surface area contributed by atoms with E-state index in [9.17, 15) is 5.11 Å². The first-order chi connectivity index (χ1) is 13.0. The summed E-state index contributed by atoms with van der Waals surface area (Å²) in [6, 6.07) is 7.32. The fraction of sp³-hybridized carbons (Fsp3) is 0.636. The van der Waals surface area contributed by atoms with Gasteiger partial charge in [0.15, 0.2) is 0 Å². The van der Waals surface area contributed by atoms with Crippen LogP contribution in [0.3, 0.4) is 0 Å². The van der Waals surface area contributed by atoms with Gasteiger partial charge in [-0.25, -0.2) is 0 Å². The van der Waals surface area contributed by atoms with Gasteiger partial charge in [0.1, 0.15) is 12.4 Å². The first kappa shape index (κ1) is 19.3. The topological polar surface area (TPSA) is 47.9 Å². The second kappa shape index (κ2) is 8.12. The molecular formula is C22H29ClO4. The minimum Gasteiger partial charge on any atom is -0.488 e. The van der Waals surface area contributed by atoms with Gasteiger partial charge in [-0.05, 0) is 61.3 Å². The van der Waals surface area contributed by atoms with E-state index in [2.05, 4.69) is 13.0 Å². The molecule has 0 radical (unpaired) electrons. The third kappa shape index (κ3) is 4.34. The summed E-state index contributed by atoms with van der Waals surface area (Å²) in [5.41, 5.74) is 0. The molecule has 0 spiro atoms. The number of hydrogen-bond donors (Lipinski definition) is 1. The van der Waals surface area contributed by atoms with E-state index in [1.165, 1.54) is 19.3 Å². The summed E-state index contributed by atoms with van der Waals surface area (Å²) in [4.78, 5) is 0. The molecule has 27 heavy (non-hydrogen) atoms. The van der Waals surface area contributed by atoms with Crippen molar-refractivity contribution >= 4 is 11.6 Å². The normalized spacial score (nSPS) is 35.4. The minimum absolute atomic E-state index is 0.179. The van der Waals surface area contributed by atoms with Gasteiger partial charge in [0.05, 0.1) is 19.3 Å². The van der Waals surface area contributed by atoms with Crippen molar-refractivity contribution < 1.29 is 19.3 Å². The average Bonchev–Trinajstić information content (AvgIpc) is 3.22. The summed E-state index contributed by atoms with van der Waals surface area (Å²) in [7, 11) is 0. The minimum atomic E-state index is -0.887.